The number of ether oxygens (including phenoxy) is 1. The van der Waals surface area contributed by atoms with Crippen molar-refractivity contribution in [2.75, 3.05) is 13.7 Å². The molecule has 2 rings (SSSR count). The van der Waals surface area contributed by atoms with E-state index in [0.717, 1.165) is 42.2 Å². The lowest BCUT2D eigenvalue weighted by Gasteiger charge is -2.16. The van der Waals surface area contributed by atoms with Crippen molar-refractivity contribution < 1.29 is 4.74 Å². The van der Waals surface area contributed by atoms with Gasteiger partial charge in [0.1, 0.15) is 5.75 Å². The Balaban J connectivity index is 0.00000242. The zero-order chi connectivity index (χ0) is 15.1. The minimum absolute atomic E-state index is 0. The highest BCUT2D eigenvalue weighted by Crippen LogP contribution is 2.19. The van der Waals surface area contributed by atoms with E-state index in [9.17, 15) is 0 Å². The third kappa shape index (κ3) is 5.51. The highest BCUT2D eigenvalue weighted by molar-refractivity contribution is 14.0. The van der Waals surface area contributed by atoms with E-state index < -0.39 is 0 Å². The van der Waals surface area contributed by atoms with Gasteiger partial charge in [-0.15, -0.1) is 24.0 Å². The zero-order valence-corrected chi connectivity index (χ0v) is 15.9. The third-order valence-corrected chi connectivity index (χ3v) is 3.59. The smallest absolute Gasteiger partial charge is 0.191 e. The molecule has 0 aromatic heterocycles. The Labute approximate surface area is 150 Å². The summed E-state index contributed by atoms with van der Waals surface area (Å²) in [5, 5.41) is 6.77. The number of nitrogens with one attached hydrogen (secondary N) is 2. The Hall–Kier alpha value is -1.24. The summed E-state index contributed by atoms with van der Waals surface area (Å²) in [5.74, 6) is 1.80. The number of halogens is 1. The largest absolute Gasteiger partial charge is 0.496 e. The maximum Gasteiger partial charge on any atom is 0.191 e. The van der Waals surface area contributed by atoms with Crippen LogP contribution in [0.2, 0.25) is 0 Å². The minimum atomic E-state index is 0. The van der Waals surface area contributed by atoms with Crippen LogP contribution in [0.25, 0.3) is 0 Å². The summed E-state index contributed by atoms with van der Waals surface area (Å²) < 4.78 is 5.36. The van der Waals surface area contributed by atoms with Crippen LogP contribution < -0.4 is 15.4 Å². The number of methoxy groups -OCH3 is 1. The lowest BCUT2D eigenvalue weighted by atomic mass is 10.1. The second-order valence-electron chi connectivity index (χ2n) is 5.28. The van der Waals surface area contributed by atoms with Crippen LogP contribution in [0.3, 0.4) is 0 Å². The molecule has 1 aromatic carbocycles. The van der Waals surface area contributed by atoms with Crippen LogP contribution in [-0.4, -0.2) is 25.7 Å². The predicted molar refractivity (Wildman–Crippen MR) is 103 cm³/mol. The molecule has 5 heteroatoms. The molecule has 122 valence electrons. The number of aliphatic imine (C=N–C) groups is 1. The Morgan fingerprint density at radius 2 is 2.05 bits per heavy atom. The Morgan fingerprint density at radius 3 is 2.68 bits per heavy atom. The SMILES string of the molecule is CCNC(=NCc1ccc(C)c(OC)c1)NC1CC=CC1.I. The summed E-state index contributed by atoms with van der Waals surface area (Å²) in [4.78, 5) is 4.66. The lowest BCUT2D eigenvalue weighted by molar-refractivity contribution is 0.411. The quantitative estimate of drug-likeness (QED) is 0.336. The standard InChI is InChI=1S/C17H25N3O.HI/c1-4-18-17(20-15-7-5-6-8-15)19-12-14-10-9-13(2)16(11-14)21-3;/h5-6,9-11,15H,4,7-8,12H2,1-3H3,(H2,18,19,20);1H. The van der Waals surface area contributed by atoms with Gasteiger partial charge in [-0.3, -0.25) is 0 Å². The molecule has 0 spiro atoms. The number of nitrogens with zero attached hydrogens (tertiary/aromatic N) is 1. The summed E-state index contributed by atoms with van der Waals surface area (Å²) in [6.07, 6.45) is 6.57. The Morgan fingerprint density at radius 1 is 1.32 bits per heavy atom. The zero-order valence-electron chi connectivity index (χ0n) is 13.6. The third-order valence-electron chi connectivity index (χ3n) is 3.59. The van der Waals surface area contributed by atoms with Crippen LogP contribution in [-0.2, 0) is 6.54 Å². The van der Waals surface area contributed by atoms with Crippen molar-refractivity contribution >= 4 is 29.9 Å². The monoisotopic (exact) mass is 415 g/mol. The minimum Gasteiger partial charge on any atom is -0.496 e. The van der Waals surface area contributed by atoms with Crippen LogP contribution in [0.5, 0.6) is 5.75 Å². The molecule has 0 amide bonds. The summed E-state index contributed by atoms with van der Waals surface area (Å²) in [7, 11) is 1.70. The summed E-state index contributed by atoms with van der Waals surface area (Å²) in [5.41, 5.74) is 2.30. The van der Waals surface area contributed by atoms with Crippen LogP contribution in [0, 0.1) is 6.92 Å². The number of rotatable bonds is 5. The van der Waals surface area contributed by atoms with Crippen molar-refractivity contribution in [3.8, 4) is 5.75 Å². The van der Waals surface area contributed by atoms with Crippen LogP contribution in [0.4, 0.5) is 0 Å². The maximum absolute atomic E-state index is 5.36. The maximum atomic E-state index is 5.36. The Kier molecular flexibility index (Phi) is 8.30. The molecule has 0 fully saturated rings. The fraction of sp³-hybridized carbons (Fsp3) is 0.471. The van der Waals surface area contributed by atoms with Gasteiger partial charge in [0.25, 0.3) is 0 Å². The normalized spacial score (nSPS) is 14.6. The molecule has 0 saturated heterocycles. The highest BCUT2D eigenvalue weighted by atomic mass is 127. The van der Waals surface area contributed by atoms with Gasteiger partial charge in [-0.05, 0) is 43.9 Å². The van der Waals surface area contributed by atoms with Crippen molar-refractivity contribution in [2.24, 2.45) is 4.99 Å². The molecule has 2 N–H and O–H groups in total. The number of hydrogen-bond acceptors (Lipinski definition) is 2. The molecule has 1 aliphatic rings. The summed E-state index contributed by atoms with van der Waals surface area (Å²) in [6.45, 7) is 5.64. The van der Waals surface area contributed by atoms with E-state index in [1.165, 1.54) is 0 Å². The fourth-order valence-corrected chi connectivity index (χ4v) is 2.38. The van der Waals surface area contributed by atoms with Crippen LogP contribution in [0.1, 0.15) is 30.9 Å². The van der Waals surface area contributed by atoms with Gasteiger partial charge in [0.15, 0.2) is 5.96 Å². The molecule has 4 nitrogen and oxygen atoms in total. The number of hydrogen-bond donors (Lipinski definition) is 2. The van der Waals surface area contributed by atoms with Gasteiger partial charge in [0, 0.05) is 12.6 Å². The first-order chi connectivity index (χ1) is 10.2. The molecule has 0 unspecified atom stereocenters. The predicted octanol–water partition coefficient (Wildman–Crippen LogP) is 3.40. The van der Waals surface area contributed by atoms with Crippen LogP contribution >= 0.6 is 24.0 Å². The van der Waals surface area contributed by atoms with Crippen molar-refractivity contribution in [2.45, 2.75) is 39.3 Å². The van der Waals surface area contributed by atoms with Gasteiger partial charge in [-0.1, -0.05) is 24.3 Å². The van der Waals surface area contributed by atoms with E-state index in [1.54, 1.807) is 7.11 Å². The van der Waals surface area contributed by atoms with Crippen molar-refractivity contribution in [3.63, 3.8) is 0 Å². The molecule has 0 aliphatic heterocycles. The van der Waals surface area contributed by atoms with Crippen molar-refractivity contribution in [1.82, 2.24) is 10.6 Å². The van der Waals surface area contributed by atoms with Crippen molar-refractivity contribution in [3.05, 3.63) is 41.5 Å². The van der Waals surface area contributed by atoms with Gasteiger partial charge < -0.3 is 15.4 Å². The molecular formula is C17H26IN3O. The van der Waals surface area contributed by atoms with Gasteiger partial charge in [0.05, 0.1) is 13.7 Å². The Bertz CT molecular complexity index is 521. The van der Waals surface area contributed by atoms with Gasteiger partial charge >= 0.3 is 0 Å². The fourth-order valence-electron chi connectivity index (χ4n) is 2.38. The second kappa shape index (κ2) is 9.71. The van der Waals surface area contributed by atoms with Gasteiger partial charge in [-0.25, -0.2) is 4.99 Å². The molecule has 22 heavy (non-hydrogen) atoms. The average Bonchev–Trinajstić information content (AvgIpc) is 2.99. The van der Waals surface area contributed by atoms with Gasteiger partial charge in [0.2, 0.25) is 0 Å². The van der Waals surface area contributed by atoms with E-state index in [0.29, 0.717) is 12.6 Å². The van der Waals surface area contributed by atoms with E-state index in [4.69, 9.17) is 4.74 Å². The van der Waals surface area contributed by atoms with Gasteiger partial charge in [-0.2, -0.15) is 0 Å². The topological polar surface area (TPSA) is 45.7 Å². The molecule has 1 aromatic rings. The molecule has 0 saturated carbocycles. The first-order valence-corrected chi connectivity index (χ1v) is 7.56. The lowest BCUT2D eigenvalue weighted by Crippen LogP contribution is -2.42. The van der Waals surface area contributed by atoms with E-state index in [1.807, 2.05) is 6.92 Å². The van der Waals surface area contributed by atoms with Crippen LogP contribution in [0.15, 0.2) is 35.3 Å². The molecule has 0 atom stereocenters. The highest BCUT2D eigenvalue weighted by Gasteiger charge is 2.11. The first-order valence-electron chi connectivity index (χ1n) is 7.56. The first kappa shape index (κ1) is 18.8. The number of guanidine groups is 1. The van der Waals surface area contributed by atoms with Crippen molar-refractivity contribution in [1.29, 1.82) is 0 Å². The number of aryl methyl sites for hydroxylation is 1. The molecule has 0 bridgehead atoms. The summed E-state index contributed by atoms with van der Waals surface area (Å²) >= 11 is 0. The van der Waals surface area contributed by atoms with E-state index >= 15 is 0 Å². The second-order valence-corrected chi connectivity index (χ2v) is 5.28. The molecule has 0 radical (unpaired) electrons. The molecular weight excluding hydrogens is 389 g/mol. The van der Waals surface area contributed by atoms with E-state index in [2.05, 4.69) is 52.9 Å². The number of benzene rings is 1. The molecule has 0 heterocycles. The summed E-state index contributed by atoms with van der Waals surface area (Å²) in [6, 6.07) is 6.70. The average molecular weight is 415 g/mol. The molecule has 1 aliphatic carbocycles. The van der Waals surface area contributed by atoms with E-state index in [-0.39, 0.29) is 24.0 Å².